The van der Waals surface area contributed by atoms with E-state index in [4.69, 9.17) is 14.9 Å². The minimum Gasteiger partial charge on any atom is -0.491 e. The molecule has 0 aliphatic rings. The number of Topliss-reactive ketones (excluding diaryl/α,β-unsaturated/α-hetero) is 1. The van der Waals surface area contributed by atoms with Crippen molar-refractivity contribution in [3.05, 3.63) is 65.2 Å². The van der Waals surface area contributed by atoms with E-state index in [0.717, 1.165) is 0 Å². The van der Waals surface area contributed by atoms with Crippen molar-refractivity contribution in [2.24, 2.45) is 5.73 Å². The number of halogens is 1. The maximum absolute atomic E-state index is 13.6. The van der Waals surface area contributed by atoms with Crippen LogP contribution in [0.3, 0.4) is 0 Å². The van der Waals surface area contributed by atoms with Gasteiger partial charge in [-0.05, 0) is 57.0 Å². The van der Waals surface area contributed by atoms with E-state index in [1.807, 2.05) is 19.9 Å². The second-order valence-electron chi connectivity index (χ2n) is 6.89. The van der Waals surface area contributed by atoms with Crippen LogP contribution in [0.15, 0.2) is 46.9 Å². The summed E-state index contributed by atoms with van der Waals surface area (Å²) in [5.74, 6) is -0.512. The average molecular weight is 383 g/mol. The molecule has 3 aromatic rings. The molecule has 0 spiro atoms. The highest BCUT2D eigenvalue weighted by molar-refractivity contribution is 5.98. The second-order valence-corrected chi connectivity index (χ2v) is 6.89. The van der Waals surface area contributed by atoms with Crippen LogP contribution in [-0.4, -0.2) is 17.8 Å². The number of nitrogens with two attached hydrogens (primary N) is 1. The number of amides is 1. The van der Waals surface area contributed by atoms with Gasteiger partial charge in [-0.3, -0.25) is 9.59 Å². The smallest absolute Gasteiger partial charge is 0.284 e. The van der Waals surface area contributed by atoms with Crippen LogP contribution in [0.1, 0.15) is 53.2 Å². The summed E-state index contributed by atoms with van der Waals surface area (Å²) in [7, 11) is 0. The minimum absolute atomic E-state index is 0.0142. The number of carbonyl (C=O) groups excluding carboxylic acids is 2. The summed E-state index contributed by atoms with van der Waals surface area (Å²) in [6, 6.07) is 11.1. The van der Waals surface area contributed by atoms with Crippen LogP contribution < -0.4 is 10.5 Å². The standard InChI is InChI=1S/C22H22FNO4/c1-13(2)27-16-6-3-5-14(11-16)19(25)8-4-7-17-18-12-15(23)9-10-20(18)28-21(17)22(24)26/h3,5-6,9-13H,4,7-8H2,1-2H3,(H2,24,26). The van der Waals surface area contributed by atoms with Crippen LogP contribution in [0.5, 0.6) is 5.75 Å². The first-order valence-corrected chi connectivity index (χ1v) is 9.16. The van der Waals surface area contributed by atoms with E-state index in [0.29, 0.717) is 40.7 Å². The highest BCUT2D eigenvalue weighted by atomic mass is 19.1. The van der Waals surface area contributed by atoms with Crippen molar-refractivity contribution in [1.29, 1.82) is 0 Å². The maximum atomic E-state index is 13.6. The minimum atomic E-state index is -0.712. The summed E-state index contributed by atoms with van der Waals surface area (Å²) in [6.07, 6.45) is 1.14. The SMILES string of the molecule is CC(C)Oc1cccc(C(=O)CCCc2c(C(N)=O)oc3ccc(F)cc23)c1. The number of carbonyl (C=O) groups is 2. The number of ketones is 1. The van der Waals surface area contributed by atoms with Crippen LogP contribution in [0.25, 0.3) is 11.0 Å². The van der Waals surface area contributed by atoms with Crippen LogP contribution in [0.4, 0.5) is 4.39 Å². The number of fused-ring (bicyclic) bond motifs is 1. The highest BCUT2D eigenvalue weighted by Crippen LogP contribution is 2.28. The molecular weight excluding hydrogens is 361 g/mol. The summed E-state index contributed by atoms with van der Waals surface area (Å²) in [5.41, 5.74) is 6.89. The molecule has 0 saturated carbocycles. The van der Waals surface area contributed by atoms with E-state index in [-0.39, 0.29) is 24.1 Å². The van der Waals surface area contributed by atoms with Crippen LogP contribution in [0, 0.1) is 5.82 Å². The van der Waals surface area contributed by atoms with Gasteiger partial charge in [-0.1, -0.05) is 12.1 Å². The van der Waals surface area contributed by atoms with E-state index in [9.17, 15) is 14.0 Å². The molecule has 0 unspecified atom stereocenters. The molecule has 28 heavy (non-hydrogen) atoms. The molecule has 0 bridgehead atoms. The Hall–Kier alpha value is -3.15. The summed E-state index contributed by atoms with van der Waals surface area (Å²) in [5, 5.41) is 0.508. The fourth-order valence-electron chi connectivity index (χ4n) is 3.15. The summed E-state index contributed by atoms with van der Waals surface area (Å²) in [4.78, 5) is 24.2. The molecule has 0 radical (unpaired) electrons. The Labute approximate surface area is 162 Å². The Bertz CT molecular complexity index is 1020. The maximum Gasteiger partial charge on any atom is 0.284 e. The van der Waals surface area contributed by atoms with Gasteiger partial charge >= 0.3 is 0 Å². The van der Waals surface area contributed by atoms with Crippen molar-refractivity contribution in [1.82, 2.24) is 0 Å². The summed E-state index contributed by atoms with van der Waals surface area (Å²) >= 11 is 0. The first-order chi connectivity index (χ1) is 13.3. The van der Waals surface area contributed by atoms with Gasteiger partial charge in [0.2, 0.25) is 0 Å². The molecule has 1 heterocycles. The molecule has 2 N–H and O–H groups in total. The van der Waals surface area contributed by atoms with Gasteiger partial charge in [-0.15, -0.1) is 0 Å². The van der Waals surface area contributed by atoms with Crippen LogP contribution in [0.2, 0.25) is 0 Å². The van der Waals surface area contributed by atoms with Gasteiger partial charge in [0.25, 0.3) is 5.91 Å². The Balaban J connectivity index is 1.73. The first-order valence-electron chi connectivity index (χ1n) is 9.16. The second kappa shape index (κ2) is 8.25. The predicted octanol–water partition coefficient (Wildman–Crippen LogP) is 4.66. The van der Waals surface area contributed by atoms with E-state index in [2.05, 4.69) is 0 Å². The molecule has 3 rings (SSSR count). The molecule has 0 saturated heterocycles. The molecule has 146 valence electrons. The topological polar surface area (TPSA) is 82.5 Å². The molecule has 1 aromatic heterocycles. The van der Waals surface area contributed by atoms with Gasteiger partial charge in [0.05, 0.1) is 6.10 Å². The predicted molar refractivity (Wildman–Crippen MR) is 104 cm³/mol. The number of aryl methyl sites for hydroxylation is 1. The van der Waals surface area contributed by atoms with Crippen molar-refractivity contribution in [3.8, 4) is 5.75 Å². The van der Waals surface area contributed by atoms with Gasteiger partial charge in [-0.25, -0.2) is 4.39 Å². The number of hydrogen-bond donors (Lipinski definition) is 1. The van der Waals surface area contributed by atoms with Crippen LogP contribution >= 0.6 is 0 Å². The lowest BCUT2D eigenvalue weighted by Gasteiger charge is -2.10. The fraction of sp³-hybridized carbons (Fsp3) is 0.273. The normalized spacial score (nSPS) is 11.1. The number of ether oxygens (including phenoxy) is 1. The Kier molecular flexibility index (Phi) is 5.78. The van der Waals surface area contributed by atoms with Crippen molar-refractivity contribution < 1.29 is 23.1 Å². The van der Waals surface area contributed by atoms with Crippen LogP contribution in [-0.2, 0) is 6.42 Å². The zero-order valence-electron chi connectivity index (χ0n) is 15.8. The summed E-state index contributed by atoms with van der Waals surface area (Å²) in [6.45, 7) is 3.84. The van der Waals surface area contributed by atoms with Crippen molar-refractivity contribution in [2.45, 2.75) is 39.2 Å². The number of furan rings is 1. The zero-order chi connectivity index (χ0) is 20.3. The summed E-state index contributed by atoms with van der Waals surface area (Å²) < 4.78 is 24.7. The largest absolute Gasteiger partial charge is 0.491 e. The van der Waals surface area contributed by atoms with Gasteiger partial charge in [0, 0.05) is 22.9 Å². The first kappa shape index (κ1) is 19.6. The number of hydrogen-bond acceptors (Lipinski definition) is 4. The lowest BCUT2D eigenvalue weighted by Crippen LogP contribution is -2.12. The monoisotopic (exact) mass is 383 g/mol. The molecule has 1 amide bonds. The number of primary amides is 1. The van der Waals surface area contributed by atoms with E-state index < -0.39 is 11.7 Å². The molecule has 0 aliphatic carbocycles. The molecular formula is C22H22FNO4. The Morgan fingerprint density at radius 2 is 1.96 bits per heavy atom. The molecule has 0 fully saturated rings. The fourth-order valence-corrected chi connectivity index (χ4v) is 3.15. The highest BCUT2D eigenvalue weighted by Gasteiger charge is 2.19. The third-order valence-electron chi connectivity index (χ3n) is 4.34. The van der Waals surface area contributed by atoms with Crippen molar-refractivity contribution >= 4 is 22.7 Å². The third-order valence-corrected chi connectivity index (χ3v) is 4.34. The molecule has 2 aromatic carbocycles. The number of benzene rings is 2. The lowest BCUT2D eigenvalue weighted by molar-refractivity contribution is 0.0972. The van der Waals surface area contributed by atoms with E-state index >= 15 is 0 Å². The quantitative estimate of drug-likeness (QED) is 0.573. The average Bonchev–Trinajstić information content (AvgIpc) is 2.99. The van der Waals surface area contributed by atoms with Gasteiger partial charge < -0.3 is 14.9 Å². The van der Waals surface area contributed by atoms with E-state index in [1.54, 1.807) is 18.2 Å². The van der Waals surface area contributed by atoms with Crippen molar-refractivity contribution in [2.75, 3.05) is 0 Å². The Morgan fingerprint density at radius 1 is 1.18 bits per heavy atom. The van der Waals surface area contributed by atoms with Gasteiger partial charge in [0.1, 0.15) is 17.1 Å². The Morgan fingerprint density at radius 3 is 2.68 bits per heavy atom. The number of rotatable bonds is 8. The van der Waals surface area contributed by atoms with Gasteiger partial charge in [-0.2, -0.15) is 0 Å². The van der Waals surface area contributed by atoms with E-state index in [1.165, 1.54) is 18.2 Å². The zero-order valence-corrected chi connectivity index (χ0v) is 15.8. The third kappa shape index (κ3) is 4.39. The molecule has 5 nitrogen and oxygen atoms in total. The lowest BCUT2D eigenvalue weighted by atomic mass is 10.00. The molecule has 0 atom stereocenters. The van der Waals surface area contributed by atoms with Crippen molar-refractivity contribution in [3.63, 3.8) is 0 Å². The molecule has 6 heteroatoms. The van der Waals surface area contributed by atoms with Gasteiger partial charge in [0.15, 0.2) is 11.5 Å². The molecule has 0 aliphatic heterocycles.